The summed E-state index contributed by atoms with van der Waals surface area (Å²) in [5.41, 5.74) is 2.85. The SMILES string of the molecule is CCC1(CC)CCN(Cc2c(C)nn(C)c2Cl)CC1. The normalized spacial score (nSPS) is 19.8. The van der Waals surface area contributed by atoms with Crippen molar-refractivity contribution < 1.29 is 0 Å². The summed E-state index contributed by atoms with van der Waals surface area (Å²) < 4.78 is 1.78. The number of aryl methyl sites for hydroxylation is 2. The first-order chi connectivity index (χ1) is 9.01. The highest BCUT2D eigenvalue weighted by atomic mass is 35.5. The molecule has 0 spiro atoms. The predicted molar refractivity (Wildman–Crippen MR) is 80.5 cm³/mol. The summed E-state index contributed by atoms with van der Waals surface area (Å²) in [7, 11) is 1.91. The van der Waals surface area contributed by atoms with E-state index in [-0.39, 0.29) is 0 Å². The zero-order valence-electron chi connectivity index (χ0n) is 12.7. The van der Waals surface area contributed by atoms with Gasteiger partial charge < -0.3 is 0 Å². The lowest BCUT2D eigenvalue weighted by atomic mass is 9.74. The van der Waals surface area contributed by atoms with Crippen LogP contribution in [0.15, 0.2) is 0 Å². The number of hydrogen-bond donors (Lipinski definition) is 0. The van der Waals surface area contributed by atoms with E-state index in [4.69, 9.17) is 11.6 Å². The largest absolute Gasteiger partial charge is 0.299 e. The number of hydrogen-bond acceptors (Lipinski definition) is 2. The van der Waals surface area contributed by atoms with E-state index in [0.717, 1.165) is 17.4 Å². The molecule has 3 nitrogen and oxygen atoms in total. The smallest absolute Gasteiger partial charge is 0.131 e. The third-order valence-corrected chi connectivity index (χ3v) is 5.54. The lowest BCUT2D eigenvalue weighted by Crippen LogP contribution is -2.39. The van der Waals surface area contributed by atoms with Crippen molar-refractivity contribution in [3.63, 3.8) is 0 Å². The Morgan fingerprint density at radius 2 is 1.79 bits per heavy atom. The first kappa shape index (κ1) is 14.9. The first-order valence-corrected chi connectivity index (χ1v) is 7.79. The molecule has 4 heteroatoms. The van der Waals surface area contributed by atoms with Gasteiger partial charge in [-0.1, -0.05) is 38.3 Å². The molecule has 2 rings (SSSR count). The van der Waals surface area contributed by atoms with Crippen molar-refractivity contribution in [2.45, 2.75) is 53.0 Å². The van der Waals surface area contributed by atoms with Crippen molar-refractivity contribution in [1.29, 1.82) is 0 Å². The minimum Gasteiger partial charge on any atom is -0.299 e. The van der Waals surface area contributed by atoms with Crippen LogP contribution in [0.4, 0.5) is 0 Å². The van der Waals surface area contributed by atoms with Crippen molar-refractivity contribution in [2.24, 2.45) is 12.5 Å². The summed E-state index contributed by atoms with van der Waals surface area (Å²) in [5.74, 6) is 0. The first-order valence-electron chi connectivity index (χ1n) is 7.41. The van der Waals surface area contributed by atoms with Gasteiger partial charge in [0.05, 0.1) is 5.69 Å². The Labute approximate surface area is 121 Å². The fourth-order valence-electron chi connectivity index (χ4n) is 3.22. The number of piperidine rings is 1. The summed E-state index contributed by atoms with van der Waals surface area (Å²) in [4.78, 5) is 2.53. The van der Waals surface area contributed by atoms with Gasteiger partial charge in [0, 0.05) is 19.2 Å². The van der Waals surface area contributed by atoms with Crippen LogP contribution in [0.2, 0.25) is 5.15 Å². The van der Waals surface area contributed by atoms with Gasteiger partial charge in [0.15, 0.2) is 0 Å². The zero-order chi connectivity index (χ0) is 14.0. The summed E-state index contributed by atoms with van der Waals surface area (Å²) in [6, 6.07) is 0. The topological polar surface area (TPSA) is 21.1 Å². The van der Waals surface area contributed by atoms with Gasteiger partial charge in [0.25, 0.3) is 0 Å². The fraction of sp³-hybridized carbons (Fsp3) is 0.800. The molecule has 0 aromatic carbocycles. The number of likely N-dealkylation sites (tertiary alicyclic amines) is 1. The van der Waals surface area contributed by atoms with Gasteiger partial charge in [-0.3, -0.25) is 9.58 Å². The third-order valence-electron chi connectivity index (χ3n) is 5.07. The van der Waals surface area contributed by atoms with E-state index >= 15 is 0 Å². The van der Waals surface area contributed by atoms with Crippen molar-refractivity contribution >= 4 is 11.6 Å². The van der Waals surface area contributed by atoms with Crippen LogP contribution in [0.3, 0.4) is 0 Å². The molecule has 1 fully saturated rings. The Hall–Kier alpha value is -0.540. The second-order valence-electron chi connectivity index (χ2n) is 5.96. The van der Waals surface area contributed by atoms with Gasteiger partial charge in [-0.05, 0) is 38.3 Å². The predicted octanol–water partition coefficient (Wildman–Crippen LogP) is 3.78. The van der Waals surface area contributed by atoms with Crippen LogP contribution in [0.25, 0.3) is 0 Å². The van der Waals surface area contributed by atoms with Gasteiger partial charge in [0.2, 0.25) is 0 Å². The Bertz CT molecular complexity index is 425. The van der Waals surface area contributed by atoms with Crippen LogP contribution in [0, 0.1) is 12.3 Å². The number of rotatable bonds is 4. The summed E-state index contributed by atoms with van der Waals surface area (Å²) in [6.07, 6.45) is 5.25. The van der Waals surface area contributed by atoms with E-state index in [1.807, 2.05) is 14.0 Å². The standard InChI is InChI=1S/C15H26ClN3/c1-5-15(6-2)7-9-19(10-8-15)11-13-12(3)17-18(4)14(13)16/h5-11H2,1-4H3. The van der Waals surface area contributed by atoms with Gasteiger partial charge in [-0.2, -0.15) is 5.10 Å². The summed E-state index contributed by atoms with van der Waals surface area (Å²) in [6.45, 7) is 10.0. The summed E-state index contributed by atoms with van der Waals surface area (Å²) in [5, 5.41) is 5.19. The van der Waals surface area contributed by atoms with E-state index in [2.05, 4.69) is 23.8 Å². The average molecular weight is 284 g/mol. The molecule has 0 bridgehead atoms. The molecule has 1 aromatic rings. The van der Waals surface area contributed by atoms with Crippen LogP contribution < -0.4 is 0 Å². The molecular weight excluding hydrogens is 258 g/mol. The van der Waals surface area contributed by atoms with Crippen LogP contribution in [-0.2, 0) is 13.6 Å². The molecule has 1 aliphatic rings. The molecule has 0 radical (unpaired) electrons. The summed E-state index contributed by atoms with van der Waals surface area (Å²) >= 11 is 6.32. The lowest BCUT2D eigenvalue weighted by molar-refractivity contribution is 0.0908. The van der Waals surface area contributed by atoms with Crippen LogP contribution in [0.1, 0.15) is 50.8 Å². The Kier molecular flexibility index (Phi) is 4.57. The van der Waals surface area contributed by atoms with Crippen molar-refractivity contribution in [1.82, 2.24) is 14.7 Å². The molecule has 0 unspecified atom stereocenters. The second-order valence-corrected chi connectivity index (χ2v) is 6.32. The maximum absolute atomic E-state index is 6.32. The molecule has 0 aliphatic carbocycles. The van der Waals surface area contributed by atoms with E-state index in [1.54, 1.807) is 4.68 Å². The van der Waals surface area contributed by atoms with Gasteiger partial charge in [0.1, 0.15) is 5.15 Å². The molecule has 0 saturated carbocycles. The molecule has 0 N–H and O–H groups in total. The molecular formula is C15H26ClN3. The number of aromatic nitrogens is 2. The molecule has 1 aliphatic heterocycles. The van der Waals surface area contributed by atoms with E-state index in [9.17, 15) is 0 Å². The number of nitrogens with zero attached hydrogens (tertiary/aromatic N) is 3. The highest BCUT2D eigenvalue weighted by Gasteiger charge is 2.31. The second kappa shape index (κ2) is 5.84. The third kappa shape index (κ3) is 2.97. The van der Waals surface area contributed by atoms with Crippen molar-refractivity contribution in [3.05, 3.63) is 16.4 Å². The average Bonchev–Trinajstić information content (AvgIpc) is 2.66. The highest BCUT2D eigenvalue weighted by molar-refractivity contribution is 6.30. The quantitative estimate of drug-likeness (QED) is 0.838. The van der Waals surface area contributed by atoms with Gasteiger partial charge in [-0.15, -0.1) is 0 Å². The van der Waals surface area contributed by atoms with Crippen LogP contribution in [-0.4, -0.2) is 27.8 Å². The molecule has 0 atom stereocenters. The highest BCUT2D eigenvalue weighted by Crippen LogP contribution is 2.38. The minimum absolute atomic E-state index is 0.588. The van der Waals surface area contributed by atoms with Crippen molar-refractivity contribution in [2.75, 3.05) is 13.1 Å². The van der Waals surface area contributed by atoms with E-state index in [1.165, 1.54) is 44.3 Å². The zero-order valence-corrected chi connectivity index (χ0v) is 13.4. The minimum atomic E-state index is 0.588. The maximum Gasteiger partial charge on any atom is 0.131 e. The van der Waals surface area contributed by atoms with E-state index in [0.29, 0.717) is 5.41 Å². The Morgan fingerprint density at radius 1 is 1.21 bits per heavy atom. The Balaban J connectivity index is 1.99. The molecule has 2 heterocycles. The maximum atomic E-state index is 6.32. The van der Waals surface area contributed by atoms with E-state index < -0.39 is 0 Å². The Morgan fingerprint density at radius 3 is 2.21 bits per heavy atom. The van der Waals surface area contributed by atoms with Gasteiger partial charge >= 0.3 is 0 Å². The van der Waals surface area contributed by atoms with Crippen molar-refractivity contribution in [3.8, 4) is 0 Å². The molecule has 19 heavy (non-hydrogen) atoms. The molecule has 0 amide bonds. The van der Waals surface area contributed by atoms with Crippen LogP contribution >= 0.6 is 11.6 Å². The fourth-order valence-corrected chi connectivity index (χ4v) is 3.45. The molecule has 108 valence electrons. The van der Waals surface area contributed by atoms with Crippen LogP contribution in [0.5, 0.6) is 0 Å². The van der Waals surface area contributed by atoms with Gasteiger partial charge in [-0.25, -0.2) is 0 Å². The lowest BCUT2D eigenvalue weighted by Gasteiger charge is -2.41. The number of halogens is 1. The monoisotopic (exact) mass is 283 g/mol. The molecule has 1 aromatic heterocycles. The molecule has 1 saturated heterocycles.